The number of hydrogen-bond donors (Lipinski definition) is 0. The summed E-state index contributed by atoms with van der Waals surface area (Å²) >= 11 is 12.3. The first-order valence-electron chi connectivity index (χ1n) is 12.7. The van der Waals surface area contributed by atoms with Crippen molar-refractivity contribution in [2.24, 2.45) is 0 Å². The van der Waals surface area contributed by atoms with E-state index in [0.717, 1.165) is 68.8 Å². The summed E-state index contributed by atoms with van der Waals surface area (Å²) in [5.41, 5.74) is 2.52. The van der Waals surface area contributed by atoms with Crippen LogP contribution < -0.4 is 4.90 Å². The van der Waals surface area contributed by atoms with E-state index in [1.54, 1.807) is 25.4 Å². The Kier molecular flexibility index (Phi) is 9.01. The molecule has 0 N–H and O–H groups in total. The van der Waals surface area contributed by atoms with Crippen LogP contribution in [0.3, 0.4) is 0 Å². The number of carbonyl (C=O) groups excluding carboxylic acids is 1. The zero-order valence-electron chi connectivity index (χ0n) is 21.7. The molecule has 0 aliphatic carbocycles. The number of fused-ring (bicyclic) bond motifs is 1. The van der Waals surface area contributed by atoms with Crippen molar-refractivity contribution in [3.63, 3.8) is 0 Å². The van der Waals surface area contributed by atoms with Crippen LogP contribution in [-0.2, 0) is 16.4 Å². The number of piperidine rings is 1. The lowest BCUT2D eigenvalue weighted by Gasteiger charge is -2.36. The normalized spacial score (nSPS) is 17.7. The summed E-state index contributed by atoms with van der Waals surface area (Å²) in [6.45, 7) is 4.05. The monoisotopic (exact) mass is 567 g/mol. The van der Waals surface area contributed by atoms with Gasteiger partial charge < -0.3 is 14.7 Å². The van der Waals surface area contributed by atoms with Gasteiger partial charge in [0, 0.05) is 56.2 Å². The number of likely N-dealkylation sites (tertiary alicyclic amines) is 1. The fourth-order valence-electron chi connectivity index (χ4n) is 5.23. The van der Waals surface area contributed by atoms with Crippen LogP contribution in [0, 0.1) is 0 Å². The molecular weight excluding hydrogens is 533 g/mol. The van der Waals surface area contributed by atoms with Crippen molar-refractivity contribution in [3.05, 3.63) is 51.6 Å². The molecule has 8 nitrogen and oxygen atoms in total. The van der Waals surface area contributed by atoms with Gasteiger partial charge in [-0.05, 0) is 76.0 Å². The van der Waals surface area contributed by atoms with E-state index in [9.17, 15) is 13.2 Å². The van der Waals surface area contributed by atoms with Crippen LogP contribution >= 0.6 is 23.2 Å². The summed E-state index contributed by atoms with van der Waals surface area (Å²) in [7, 11) is 0.430. The molecule has 1 fully saturated rings. The SMILES string of the molecule is CN(c1ccc(Cl)c(Cl)c1)c1nccc2c1CCCN(CCCN1CCC(N(C)S(C)(=O)=O)CC1)C2=O. The highest BCUT2D eigenvalue weighted by Gasteiger charge is 2.28. The molecule has 11 heteroatoms. The zero-order valence-corrected chi connectivity index (χ0v) is 24.0. The topological polar surface area (TPSA) is 77.1 Å². The molecule has 3 heterocycles. The number of benzene rings is 1. The molecule has 4 rings (SSSR count). The van der Waals surface area contributed by atoms with Crippen LogP contribution in [0.25, 0.3) is 0 Å². The number of nitrogens with zero attached hydrogens (tertiary/aromatic N) is 5. The van der Waals surface area contributed by atoms with E-state index >= 15 is 0 Å². The summed E-state index contributed by atoms with van der Waals surface area (Å²) in [5, 5.41) is 0.969. The first kappa shape index (κ1) is 28.1. The van der Waals surface area contributed by atoms with Crippen LogP contribution in [0.2, 0.25) is 10.0 Å². The van der Waals surface area contributed by atoms with Crippen LogP contribution in [-0.4, -0.2) is 92.5 Å². The van der Waals surface area contributed by atoms with Crippen molar-refractivity contribution in [2.75, 3.05) is 58.0 Å². The van der Waals surface area contributed by atoms with Crippen LogP contribution in [0.5, 0.6) is 0 Å². The van der Waals surface area contributed by atoms with Crippen molar-refractivity contribution >= 4 is 50.6 Å². The molecule has 0 unspecified atom stereocenters. The second-order valence-corrected chi connectivity index (χ2v) is 12.8. The lowest BCUT2D eigenvalue weighted by molar-refractivity contribution is 0.0749. The number of rotatable bonds is 8. The third-order valence-corrected chi connectivity index (χ3v) is 9.59. The highest BCUT2D eigenvalue weighted by atomic mass is 35.5. The largest absolute Gasteiger partial charge is 0.339 e. The minimum absolute atomic E-state index is 0.0483. The fraction of sp³-hybridized carbons (Fsp3) is 0.538. The Hall–Kier alpha value is -1.91. The molecule has 0 bridgehead atoms. The Morgan fingerprint density at radius 2 is 1.78 bits per heavy atom. The summed E-state index contributed by atoms with van der Waals surface area (Å²) in [4.78, 5) is 24.4. The Bertz CT molecular complexity index is 1230. The van der Waals surface area contributed by atoms with Gasteiger partial charge in [-0.2, -0.15) is 0 Å². The summed E-state index contributed by atoms with van der Waals surface area (Å²) < 4.78 is 25.1. The van der Waals surface area contributed by atoms with Gasteiger partial charge in [0.05, 0.1) is 16.3 Å². The molecule has 1 aromatic carbocycles. The highest BCUT2D eigenvalue weighted by molar-refractivity contribution is 7.88. The molecule has 0 saturated carbocycles. The Labute approximate surface area is 230 Å². The smallest absolute Gasteiger partial charge is 0.254 e. The Morgan fingerprint density at radius 1 is 1.05 bits per heavy atom. The van der Waals surface area contributed by atoms with Crippen molar-refractivity contribution in [3.8, 4) is 0 Å². The molecule has 2 aliphatic heterocycles. The van der Waals surface area contributed by atoms with Gasteiger partial charge >= 0.3 is 0 Å². The molecule has 202 valence electrons. The van der Waals surface area contributed by atoms with Crippen LogP contribution in [0.15, 0.2) is 30.5 Å². The van der Waals surface area contributed by atoms with Gasteiger partial charge in [-0.15, -0.1) is 0 Å². The second kappa shape index (κ2) is 11.9. The van der Waals surface area contributed by atoms with E-state index in [2.05, 4.69) is 9.88 Å². The second-order valence-electron chi connectivity index (χ2n) is 9.92. The third kappa shape index (κ3) is 6.57. The van der Waals surface area contributed by atoms with E-state index in [0.29, 0.717) is 28.7 Å². The lowest BCUT2D eigenvalue weighted by Crippen LogP contribution is -2.45. The zero-order chi connectivity index (χ0) is 26.7. The predicted molar refractivity (Wildman–Crippen MR) is 150 cm³/mol. The number of halogens is 2. The molecule has 1 saturated heterocycles. The molecule has 37 heavy (non-hydrogen) atoms. The molecule has 0 atom stereocenters. The molecule has 2 aliphatic rings. The van der Waals surface area contributed by atoms with E-state index in [-0.39, 0.29) is 11.9 Å². The van der Waals surface area contributed by atoms with Crippen molar-refractivity contribution < 1.29 is 13.2 Å². The maximum Gasteiger partial charge on any atom is 0.254 e. The highest BCUT2D eigenvalue weighted by Crippen LogP contribution is 2.33. The van der Waals surface area contributed by atoms with Crippen LogP contribution in [0.1, 0.15) is 41.6 Å². The number of amides is 1. The number of anilines is 2. The first-order valence-corrected chi connectivity index (χ1v) is 15.3. The Morgan fingerprint density at radius 3 is 2.46 bits per heavy atom. The molecule has 0 radical (unpaired) electrons. The number of hydrogen-bond acceptors (Lipinski definition) is 6. The average Bonchev–Trinajstić information content (AvgIpc) is 3.03. The van der Waals surface area contributed by atoms with Crippen LogP contribution in [0.4, 0.5) is 11.5 Å². The van der Waals surface area contributed by atoms with Gasteiger partial charge in [-0.25, -0.2) is 17.7 Å². The minimum Gasteiger partial charge on any atom is -0.339 e. The molecule has 1 aromatic heterocycles. The van der Waals surface area contributed by atoms with E-state index in [1.165, 1.54) is 10.6 Å². The third-order valence-electron chi connectivity index (χ3n) is 7.51. The van der Waals surface area contributed by atoms with Gasteiger partial charge in [-0.1, -0.05) is 23.2 Å². The number of pyridine rings is 1. The maximum absolute atomic E-state index is 13.5. The van der Waals surface area contributed by atoms with Gasteiger partial charge in [0.25, 0.3) is 5.91 Å². The Balaban J connectivity index is 1.37. The van der Waals surface area contributed by atoms with Crippen molar-refractivity contribution in [1.29, 1.82) is 0 Å². The van der Waals surface area contributed by atoms with Gasteiger partial charge in [0.2, 0.25) is 10.0 Å². The minimum atomic E-state index is -3.16. The predicted octanol–water partition coefficient (Wildman–Crippen LogP) is 4.29. The summed E-state index contributed by atoms with van der Waals surface area (Å²) in [6, 6.07) is 7.35. The fourth-order valence-corrected chi connectivity index (χ4v) is 6.27. The van der Waals surface area contributed by atoms with Gasteiger partial charge in [0.1, 0.15) is 5.82 Å². The first-order chi connectivity index (χ1) is 17.6. The molecular formula is C26H35Cl2N5O3S. The standard InChI is InChI=1S/C26H35Cl2N5O3S/c1-30(20-7-8-23(27)24(28)18-20)25-21-6-4-14-33(26(34)22(21)9-12-29-25)15-5-13-32-16-10-19(11-17-32)31(2)37(3,35)36/h7-9,12,18-19H,4-6,10-11,13-17H2,1-3H3. The number of aromatic nitrogens is 1. The number of sulfonamides is 1. The van der Waals surface area contributed by atoms with Crippen molar-refractivity contribution in [1.82, 2.24) is 19.1 Å². The molecule has 0 spiro atoms. The van der Waals surface area contributed by atoms with E-state index in [4.69, 9.17) is 23.2 Å². The number of carbonyl (C=O) groups is 1. The molecule has 1 amide bonds. The summed E-state index contributed by atoms with van der Waals surface area (Å²) in [5.74, 6) is 0.806. The van der Waals surface area contributed by atoms with Gasteiger partial charge in [-0.3, -0.25) is 4.79 Å². The quantitative estimate of drug-likeness (QED) is 0.473. The average molecular weight is 569 g/mol. The van der Waals surface area contributed by atoms with E-state index < -0.39 is 10.0 Å². The maximum atomic E-state index is 13.5. The van der Waals surface area contributed by atoms with Crippen molar-refractivity contribution in [2.45, 2.75) is 38.1 Å². The van der Waals surface area contributed by atoms with Gasteiger partial charge in [0.15, 0.2) is 0 Å². The lowest BCUT2D eigenvalue weighted by atomic mass is 10.0. The summed E-state index contributed by atoms with van der Waals surface area (Å²) in [6.07, 6.45) is 7.16. The van der Waals surface area contributed by atoms with E-state index in [1.807, 2.05) is 29.0 Å². The molecule has 2 aromatic rings.